The highest BCUT2D eigenvalue weighted by atomic mass is 35.5. The molecule has 0 saturated heterocycles. The zero-order chi connectivity index (χ0) is 14.8. The van der Waals surface area contributed by atoms with Crippen molar-refractivity contribution in [1.29, 1.82) is 0 Å². The largest absolute Gasteiger partial charge is 0.480 e. The van der Waals surface area contributed by atoms with Gasteiger partial charge in [-0.3, -0.25) is 4.79 Å². The molecule has 9 heteroatoms. The zero-order valence-corrected chi connectivity index (χ0v) is 12.1. The third-order valence-electron chi connectivity index (χ3n) is 2.28. The van der Waals surface area contributed by atoms with E-state index in [1.807, 2.05) is 0 Å². The number of halogens is 3. The third-order valence-corrected chi connectivity index (χ3v) is 5.02. The second-order valence-electron chi connectivity index (χ2n) is 3.50. The molecule has 0 radical (unpaired) electrons. The number of carbonyl (C=O) groups is 1. The minimum absolute atomic E-state index is 0.0881. The Morgan fingerprint density at radius 2 is 2.00 bits per heavy atom. The maximum absolute atomic E-state index is 13.5. The van der Waals surface area contributed by atoms with E-state index >= 15 is 0 Å². The Hall–Kier alpha value is -0.890. The van der Waals surface area contributed by atoms with E-state index < -0.39 is 38.3 Å². The van der Waals surface area contributed by atoms with Crippen LogP contribution in [0, 0.1) is 5.82 Å². The van der Waals surface area contributed by atoms with E-state index in [0.717, 1.165) is 12.1 Å². The maximum atomic E-state index is 13.5. The molecule has 0 heterocycles. The summed E-state index contributed by atoms with van der Waals surface area (Å²) in [5, 5.41) is 7.69. The van der Waals surface area contributed by atoms with Crippen LogP contribution in [0.2, 0.25) is 10.0 Å². The van der Waals surface area contributed by atoms with E-state index in [1.54, 1.807) is 0 Å². The van der Waals surface area contributed by atoms with Gasteiger partial charge in [-0.15, -0.1) is 0 Å². The van der Waals surface area contributed by atoms with E-state index in [9.17, 15) is 17.6 Å². The molecular weight excluding hydrogens is 320 g/mol. The number of hydrogen-bond acceptors (Lipinski definition) is 3. The second-order valence-corrected chi connectivity index (χ2v) is 6.19. The summed E-state index contributed by atoms with van der Waals surface area (Å²) in [5.41, 5.74) is 0. The van der Waals surface area contributed by atoms with Crippen molar-refractivity contribution in [2.24, 2.45) is 0 Å². The van der Waals surface area contributed by atoms with Gasteiger partial charge in [-0.2, -0.15) is 4.31 Å². The second kappa shape index (κ2) is 6.04. The first kappa shape index (κ1) is 16.2. The molecular formula is C10H10Cl2FNO4S. The molecule has 0 bridgehead atoms. The van der Waals surface area contributed by atoms with Crippen LogP contribution in [0.5, 0.6) is 0 Å². The Labute approximate surface area is 119 Å². The minimum atomic E-state index is -4.19. The van der Waals surface area contributed by atoms with E-state index in [4.69, 9.17) is 28.3 Å². The molecule has 1 aromatic rings. The monoisotopic (exact) mass is 329 g/mol. The van der Waals surface area contributed by atoms with Crippen LogP contribution in [-0.4, -0.2) is 36.9 Å². The fourth-order valence-electron chi connectivity index (χ4n) is 1.36. The Kier molecular flexibility index (Phi) is 5.14. The molecule has 0 amide bonds. The molecule has 0 spiro atoms. The van der Waals surface area contributed by atoms with Crippen molar-refractivity contribution in [3.63, 3.8) is 0 Å². The lowest BCUT2D eigenvalue weighted by atomic mass is 10.3. The Bertz CT molecular complexity index is 606. The summed E-state index contributed by atoms with van der Waals surface area (Å²) < 4.78 is 38.5. The van der Waals surface area contributed by atoms with Crippen LogP contribution >= 0.6 is 23.2 Å². The average Bonchev–Trinajstić information content (AvgIpc) is 2.32. The summed E-state index contributed by atoms with van der Waals surface area (Å²) in [5.74, 6) is -2.38. The van der Waals surface area contributed by atoms with Crippen LogP contribution in [0.3, 0.4) is 0 Å². The molecule has 1 N–H and O–H groups in total. The van der Waals surface area contributed by atoms with Crippen LogP contribution < -0.4 is 0 Å². The predicted molar refractivity (Wildman–Crippen MR) is 68.5 cm³/mol. The molecule has 0 fully saturated rings. The van der Waals surface area contributed by atoms with Gasteiger partial charge in [0.25, 0.3) is 0 Å². The van der Waals surface area contributed by atoms with E-state index in [2.05, 4.69) is 0 Å². The smallest absolute Gasteiger partial charge is 0.318 e. The summed E-state index contributed by atoms with van der Waals surface area (Å²) in [7, 11) is -4.19. The number of benzene rings is 1. The predicted octanol–water partition coefficient (Wildman–Crippen LogP) is 2.23. The fraction of sp³-hybridized carbons (Fsp3) is 0.300. The maximum Gasteiger partial charge on any atom is 0.318 e. The van der Waals surface area contributed by atoms with Gasteiger partial charge in [0.15, 0.2) is 5.82 Å². The van der Waals surface area contributed by atoms with Crippen LogP contribution in [-0.2, 0) is 14.8 Å². The Morgan fingerprint density at radius 1 is 1.42 bits per heavy atom. The summed E-state index contributed by atoms with van der Waals surface area (Å²) in [4.78, 5) is 10.1. The summed E-state index contributed by atoms with van der Waals surface area (Å²) in [6.45, 7) is 0.634. The van der Waals surface area contributed by atoms with Crippen molar-refractivity contribution in [1.82, 2.24) is 4.31 Å². The van der Waals surface area contributed by atoms with Crippen LogP contribution in [0.15, 0.2) is 17.0 Å². The minimum Gasteiger partial charge on any atom is -0.480 e. The number of hydrogen-bond donors (Lipinski definition) is 1. The van der Waals surface area contributed by atoms with E-state index in [-0.39, 0.29) is 11.6 Å². The highest BCUT2D eigenvalue weighted by molar-refractivity contribution is 7.89. The quantitative estimate of drug-likeness (QED) is 0.840. The highest BCUT2D eigenvalue weighted by Gasteiger charge is 2.29. The van der Waals surface area contributed by atoms with Gasteiger partial charge in [0.1, 0.15) is 11.4 Å². The van der Waals surface area contributed by atoms with Gasteiger partial charge in [0.05, 0.1) is 10.0 Å². The van der Waals surface area contributed by atoms with Crippen LogP contribution in [0.25, 0.3) is 0 Å². The van der Waals surface area contributed by atoms with Crippen molar-refractivity contribution in [3.05, 3.63) is 28.0 Å². The molecule has 0 aromatic heterocycles. The molecule has 0 aliphatic heterocycles. The summed E-state index contributed by atoms with van der Waals surface area (Å²) in [6.07, 6.45) is 0. The molecule has 1 rings (SSSR count). The van der Waals surface area contributed by atoms with Crippen LogP contribution in [0.4, 0.5) is 4.39 Å². The molecule has 5 nitrogen and oxygen atoms in total. The number of nitrogens with zero attached hydrogens (tertiary/aromatic N) is 1. The first-order valence-corrected chi connectivity index (χ1v) is 7.26. The van der Waals surface area contributed by atoms with Crippen molar-refractivity contribution < 1.29 is 22.7 Å². The van der Waals surface area contributed by atoms with Crippen molar-refractivity contribution in [2.45, 2.75) is 11.8 Å². The molecule has 106 valence electrons. The molecule has 0 saturated carbocycles. The van der Waals surface area contributed by atoms with Gasteiger partial charge in [-0.25, -0.2) is 12.8 Å². The SMILES string of the molecule is CCN(CC(=O)O)S(=O)(=O)c1ccc(Cl)c(F)c1Cl. The van der Waals surface area contributed by atoms with Crippen LogP contribution in [0.1, 0.15) is 6.92 Å². The van der Waals surface area contributed by atoms with Gasteiger partial charge in [-0.05, 0) is 12.1 Å². The molecule has 19 heavy (non-hydrogen) atoms. The van der Waals surface area contributed by atoms with E-state index in [1.165, 1.54) is 6.92 Å². The lowest BCUT2D eigenvalue weighted by Gasteiger charge is -2.19. The first-order chi connectivity index (χ1) is 8.71. The highest BCUT2D eigenvalue weighted by Crippen LogP contribution is 2.31. The Balaban J connectivity index is 3.34. The number of sulfonamides is 1. The lowest BCUT2D eigenvalue weighted by Crippen LogP contribution is -2.35. The fourth-order valence-corrected chi connectivity index (χ4v) is 3.48. The number of aliphatic carboxylic acids is 1. The Morgan fingerprint density at radius 3 is 2.47 bits per heavy atom. The van der Waals surface area contributed by atoms with Gasteiger partial charge in [-0.1, -0.05) is 30.1 Å². The molecule has 0 atom stereocenters. The number of likely N-dealkylation sites (N-methyl/N-ethyl adjacent to an activating group) is 1. The molecule has 0 unspecified atom stereocenters. The third kappa shape index (κ3) is 3.36. The molecule has 0 aliphatic carbocycles. The number of rotatable bonds is 5. The average molecular weight is 330 g/mol. The van der Waals surface area contributed by atoms with Crippen molar-refractivity contribution in [3.8, 4) is 0 Å². The topological polar surface area (TPSA) is 74.7 Å². The first-order valence-electron chi connectivity index (χ1n) is 5.07. The summed E-state index contributed by atoms with van der Waals surface area (Å²) >= 11 is 11.1. The van der Waals surface area contributed by atoms with Gasteiger partial charge < -0.3 is 5.11 Å². The lowest BCUT2D eigenvalue weighted by molar-refractivity contribution is -0.137. The standard InChI is InChI=1S/C10H10Cl2FNO4S/c1-2-14(5-8(15)16)19(17,18)7-4-3-6(11)10(13)9(7)12/h3-4H,2,5H2,1H3,(H,15,16). The van der Waals surface area contributed by atoms with Crippen molar-refractivity contribution in [2.75, 3.05) is 13.1 Å². The number of carboxylic acids is 1. The normalized spacial score (nSPS) is 11.8. The summed E-state index contributed by atoms with van der Waals surface area (Å²) in [6, 6.07) is 2.08. The molecule has 1 aromatic carbocycles. The van der Waals surface area contributed by atoms with Crippen molar-refractivity contribution >= 4 is 39.2 Å². The van der Waals surface area contributed by atoms with Gasteiger partial charge in [0, 0.05) is 6.54 Å². The molecule has 0 aliphatic rings. The van der Waals surface area contributed by atoms with E-state index in [0.29, 0.717) is 4.31 Å². The van der Waals surface area contributed by atoms with Gasteiger partial charge in [0.2, 0.25) is 10.0 Å². The zero-order valence-electron chi connectivity index (χ0n) is 9.73. The number of carboxylic acid groups (broad SMARTS) is 1. The van der Waals surface area contributed by atoms with Gasteiger partial charge >= 0.3 is 5.97 Å².